The van der Waals surface area contributed by atoms with Gasteiger partial charge in [-0.25, -0.2) is 4.98 Å². The van der Waals surface area contributed by atoms with Crippen LogP contribution in [0.15, 0.2) is 43.0 Å². The van der Waals surface area contributed by atoms with Gasteiger partial charge in [0.15, 0.2) is 0 Å². The van der Waals surface area contributed by atoms with Crippen LogP contribution in [0.1, 0.15) is 30.1 Å². The molecule has 1 saturated heterocycles. The van der Waals surface area contributed by atoms with Gasteiger partial charge in [-0.1, -0.05) is 6.07 Å². The first-order valence-corrected chi connectivity index (χ1v) is 9.40. The van der Waals surface area contributed by atoms with E-state index in [9.17, 15) is 0 Å². The third kappa shape index (κ3) is 3.39. The Hall–Kier alpha value is -2.18. The number of aromatic nitrogens is 4. The summed E-state index contributed by atoms with van der Waals surface area (Å²) in [4.78, 5) is 9.44. The molecule has 0 N–H and O–H groups in total. The molecule has 0 unspecified atom stereocenters. The summed E-state index contributed by atoms with van der Waals surface area (Å²) in [5, 5.41) is 4.40. The molecule has 1 aliphatic rings. The summed E-state index contributed by atoms with van der Waals surface area (Å²) in [5.74, 6) is 0.613. The predicted molar refractivity (Wildman–Crippen MR) is 103 cm³/mol. The largest absolute Gasteiger partial charge is 0.303 e. The molecule has 138 valence electrons. The Balaban J connectivity index is 1.49. The predicted octanol–water partition coefficient (Wildman–Crippen LogP) is 2.58. The number of fused-ring (bicyclic) bond motifs is 1. The van der Waals surface area contributed by atoms with Gasteiger partial charge in [-0.2, -0.15) is 5.10 Å². The van der Waals surface area contributed by atoms with E-state index in [0.717, 1.165) is 25.3 Å². The molecule has 3 aromatic rings. The van der Waals surface area contributed by atoms with Gasteiger partial charge in [0.2, 0.25) is 0 Å². The Bertz CT molecular complexity index is 866. The van der Waals surface area contributed by atoms with Crippen LogP contribution in [0.4, 0.5) is 0 Å². The average Bonchev–Trinajstić information content (AvgIpc) is 3.22. The molecule has 0 aliphatic carbocycles. The summed E-state index contributed by atoms with van der Waals surface area (Å²) in [6, 6.07) is 6.60. The van der Waals surface area contributed by atoms with Gasteiger partial charge < -0.3 is 9.30 Å². The van der Waals surface area contributed by atoms with Crippen LogP contribution in [0.2, 0.25) is 0 Å². The molecule has 4 heterocycles. The highest BCUT2D eigenvalue weighted by molar-refractivity contribution is 5.39. The van der Waals surface area contributed by atoms with Crippen LogP contribution in [-0.4, -0.2) is 56.1 Å². The van der Waals surface area contributed by atoms with Crippen molar-refractivity contribution < 1.29 is 0 Å². The highest BCUT2D eigenvalue weighted by Crippen LogP contribution is 2.35. The lowest BCUT2D eigenvalue weighted by molar-refractivity contribution is 0.0922. The van der Waals surface area contributed by atoms with Gasteiger partial charge in [-0.15, -0.1) is 0 Å². The van der Waals surface area contributed by atoms with Crippen LogP contribution in [0.3, 0.4) is 0 Å². The molecule has 1 fully saturated rings. The molecule has 2 atom stereocenters. The van der Waals surface area contributed by atoms with E-state index in [2.05, 4.69) is 62.9 Å². The van der Waals surface area contributed by atoms with E-state index in [1.807, 2.05) is 30.2 Å². The Morgan fingerprint density at radius 1 is 1.23 bits per heavy atom. The summed E-state index contributed by atoms with van der Waals surface area (Å²) in [5.41, 5.74) is 3.59. The van der Waals surface area contributed by atoms with Crippen molar-refractivity contribution in [1.82, 2.24) is 29.0 Å². The van der Waals surface area contributed by atoms with E-state index in [-0.39, 0.29) is 0 Å². The van der Waals surface area contributed by atoms with Gasteiger partial charge in [0.1, 0.15) is 5.65 Å². The fourth-order valence-corrected chi connectivity index (χ4v) is 4.41. The number of hydrogen-bond acceptors (Lipinski definition) is 4. The molecule has 1 aliphatic heterocycles. The van der Waals surface area contributed by atoms with E-state index in [4.69, 9.17) is 0 Å². The molecular weight excluding hydrogens is 324 g/mol. The minimum Gasteiger partial charge on any atom is -0.303 e. The van der Waals surface area contributed by atoms with Gasteiger partial charge in [0, 0.05) is 44.1 Å². The van der Waals surface area contributed by atoms with E-state index >= 15 is 0 Å². The standard InChI is InChI=1S/C20H28N6/c1-23(15-18-12-21-19-8-4-5-10-26(18)19)13-16-7-6-9-24(2)20(16)17-11-22-25(3)14-17/h4-5,8,10-12,14,16,20H,6-7,9,13,15H2,1-3H3/t16-,20+/m0/s1. The Labute approximate surface area is 155 Å². The zero-order valence-electron chi connectivity index (χ0n) is 15.9. The maximum absolute atomic E-state index is 4.51. The number of pyridine rings is 1. The molecule has 0 radical (unpaired) electrons. The molecular formula is C20H28N6. The highest BCUT2D eigenvalue weighted by Gasteiger charge is 2.32. The zero-order chi connectivity index (χ0) is 18.1. The molecule has 6 nitrogen and oxygen atoms in total. The average molecular weight is 352 g/mol. The lowest BCUT2D eigenvalue weighted by Gasteiger charge is -2.40. The summed E-state index contributed by atoms with van der Waals surface area (Å²) in [7, 11) is 6.46. The summed E-state index contributed by atoms with van der Waals surface area (Å²) < 4.78 is 4.10. The van der Waals surface area contributed by atoms with Crippen LogP contribution >= 0.6 is 0 Å². The SMILES string of the molecule is CN(Cc1cnc2ccccn12)C[C@@H]1CCCN(C)[C@H]1c1cnn(C)c1. The topological polar surface area (TPSA) is 41.6 Å². The molecule has 0 spiro atoms. The Kier molecular flexibility index (Phi) is 4.78. The van der Waals surface area contributed by atoms with Crippen molar-refractivity contribution in [1.29, 1.82) is 0 Å². The normalized spacial score (nSPS) is 21.7. The minimum absolute atomic E-state index is 0.446. The first-order valence-electron chi connectivity index (χ1n) is 9.40. The number of aryl methyl sites for hydroxylation is 1. The summed E-state index contributed by atoms with van der Waals surface area (Å²) >= 11 is 0. The number of hydrogen-bond donors (Lipinski definition) is 0. The third-order valence-corrected chi connectivity index (χ3v) is 5.55. The van der Waals surface area contributed by atoms with Gasteiger partial charge in [-0.3, -0.25) is 9.58 Å². The van der Waals surface area contributed by atoms with Crippen molar-refractivity contribution in [2.75, 3.05) is 27.2 Å². The molecule has 26 heavy (non-hydrogen) atoms. The van der Waals surface area contributed by atoms with E-state index in [1.165, 1.54) is 24.1 Å². The summed E-state index contributed by atoms with van der Waals surface area (Å²) in [6.07, 6.45) is 10.8. The van der Waals surface area contributed by atoms with Crippen LogP contribution in [-0.2, 0) is 13.6 Å². The third-order valence-electron chi connectivity index (χ3n) is 5.55. The van der Waals surface area contributed by atoms with E-state index in [0.29, 0.717) is 12.0 Å². The van der Waals surface area contributed by atoms with Crippen molar-refractivity contribution in [2.45, 2.75) is 25.4 Å². The maximum Gasteiger partial charge on any atom is 0.136 e. The number of likely N-dealkylation sites (tertiary alicyclic amines) is 1. The van der Waals surface area contributed by atoms with Gasteiger partial charge in [-0.05, 0) is 51.5 Å². The second-order valence-electron chi connectivity index (χ2n) is 7.65. The van der Waals surface area contributed by atoms with Crippen LogP contribution in [0, 0.1) is 5.92 Å². The monoisotopic (exact) mass is 352 g/mol. The molecule has 0 aromatic carbocycles. The zero-order valence-corrected chi connectivity index (χ0v) is 15.9. The smallest absolute Gasteiger partial charge is 0.136 e. The molecule has 0 saturated carbocycles. The van der Waals surface area contributed by atoms with E-state index < -0.39 is 0 Å². The first-order chi connectivity index (χ1) is 12.6. The summed E-state index contributed by atoms with van der Waals surface area (Å²) in [6.45, 7) is 3.14. The number of rotatable bonds is 5. The van der Waals surface area contributed by atoms with Crippen LogP contribution in [0.5, 0.6) is 0 Å². The highest BCUT2D eigenvalue weighted by atomic mass is 15.3. The Morgan fingerprint density at radius 3 is 2.92 bits per heavy atom. The fourth-order valence-electron chi connectivity index (χ4n) is 4.41. The first kappa shape index (κ1) is 17.2. The molecule has 3 aromatic heterocycles. The second kappa shape index (κ2) is 7.21. The van der Waals surface area contributed by atoms with E-state index in [1.54, 1.807) is 0 Å². The maximum atomic E-state index is 4.51. The van der Waals surface area contributed by atoms with Crippen LogP contribution < -0.4 is 0 Å². The number of nitrogens with zero attached hydrogens (tertiary/aromatic N) is 6. The Morgan fingerprint density at radius 2 is 2.12 bits per heavy atom. The van der Waals surface area contributed by atoms with Crippen molar-refractivity contribution >= 4 is 5.65 Å². The molecule has 4 rings (SSSR count). The quantitative estimate of drug-likeness (QED) is 0.708. The van der Waals surface area contributed by atoms with Gasteiger partial charge >= 0.3 is 0 Å². The second-order valence-corrected chi connectivity index (χ2v) is 7.65. The number of imidazole rings is 1. The lowest BCUT2D eigenvalue weighted by Crippen LogP contribution is -2.40. The van der Waals surface area contributed by atoms with Crippen molar-refractivity contribution in [3.05, 3.63) is 54.2 Å². The van der Waals surface area contributed by atoms with Crippen LogP contribution in [0.25, 0.3) is 5.65 Å². The van der Waals surface area contributed by atoms with Crippen molar-refractivity contribution in [3.8, 4) is 0 Å². The van der Waals surface area contributed by atoms with Gasteiger partial charge in [0.05, 0.1) is 18.1 Å². The lowest BCUT2D eigenvalue weighted by atomic mass is 9.85. The molecule has 0 bridgehead atoms. The molecule has 0 amide bonds. The fraction of sp³-hybridized carbons (Fsp3) is 0.500. The van der Waals surface area contributed by atoms with Crippen molar-refractivity contribution in [3.63, 3.8) is 0 Å². The number of piperidine rings is 1. The van der Waals surface area contributed by atoms with Gasteiger partial charge in [0.25, 0.3) is 0 Å². The van der Waals surface area contributed by atoms with Crippen molar-refractivity contribution in [2.24, 2.45) is 13.0 Å². The minimum atomic E-state index is 0.446. The molecule has 6 heteroatoms.